The number of hydrogen-bond donors (Lipinski definition) is 0. The van der Waals surface area contributed by atoms with E-state index in [0.29, 0.717) is 0 Å². The highest BCUT2D eigenvalue weighted by molar-refractivity contribution is 7.74. The van der Waals surface area contributed by atoms with Crippen molar-refractivity contribution < 1.29 is 12.9 Å². The molecular weight excluding hydrogens is 236 g/mol. The van der Waals surface area contributed by atoms with Gasteiger partial charge in [0.2, 0.25) is 0 Å². The Kier molecular flexibility index (Phi) is 4.48. The Morgan fingerprint density at radius 3 is 2.65 bits per heavy atom. The van der Waals surface area contributed by atoms with E-state index in [9.17, 15) is 8.76 Å². The second kappa shape index (κ2) is 6.10. The van der Waals surface area contributed by atoms with Crippen molar-refractivity contribution in [2.24, 2.45) is 5.92 Å². The van der Waals surface area contributed by atoms with Gasteiger partial charge < -0.3 is 4.55 Å². The second-order valence-electron chi connectivity index (χ2n) is 4.18. The van der Waals surface area contributed by atoms with Crippen LogP contribution in [0.1, 0.15) is 30.9 Å². The Labute approximate surface area is 104 Å². The molecule has 0 aliphatic heterocycles. The Balaban J connectivity index is 2.18. The third-order valence-corrected chi connectivity index (χ3v) is 3.41. The van der Waals surface area contributed by atoms with Gasteiger partial charge in [0, 0.05) is 0 Å². The zero-order valence-electron chi connectivity index (χ0n) is 9.45. The largest absolute Gasteiger partial charge is 0.750 e. The van der Waals surface area contributed by atoms with Crippen molar-refractivity contribution in [2.75, 3.05) is 0 Å². The van der Waals surface area contributed by atoms with Crippen molar-refractivity contribution in [2.45, 2.75) is 25.4 Å². The fraction of sp³-hybridized carbons (Fsp3) is 0.385. The number of allylic oxidation sites excluding steroid dienone is 2. The average molecular weight is 251 g/mol. The van der Waals surface area contributed by atoms with Crippen LogP contribution in [0.4, 0.5) is 0 Å². The molecule has 2 rings (SSSR count). The predicted octanol–water partition coefficient (Wildman–Crippen LogP) is 2.89. The molecule has 0 heterocycles. The van der Waals surface area contributed by atoms with E-state index >= 15 is 0 Å². The van der Waals surface area contributed by atoms with E-state index in [0.717, 1.165) is 24.8 Å². The first-order valence-corrected chi connectivity index (χ1v) is 6.73. The number of rotatable bonds is 4. The molecule has 0 bridgehead atoms. The molecule has 3 nitrogen and oxygen atoms in total. The Bertz CT molecular complexity index is 402. The minimum absolute atomic E-state index is 0.236. The molecule has 17 heavy (non-hydrogen) atoms. The van der Waals surface area contributed by atoms with Crippen molar-refractivity contribution in [3.63, 3.8) is 0 Å². The minimum atomic E-state index is -2.47. The zero-order chi connectivity index (χ0) is 12.1. The lowest BCUT2D eigenvalue weighted by molar-refractivity contribution is 0.130. The molecule has 1 aromatic rings. The maximum atomic E-state index is 10.8. The topological polar surface area (TPSA) is 49.4 Å². The lowest BCUT2D eigenvalue weighted by Crippen LogP contribution is -2.18. The summed E-state index contributed by atoms with van der Waals surface area (Å²) in [4.78, 5) is 0. The van der Waals surface area contributed by atoms with Gasteiger partial charge in [-0.25, -0.2) is 4.21 Å². The summed E-state index contributed by atoms with van der Waals surface area (Å²) in [6.45, 7) is 0. The molecule has 0 radical (unpaired) electrons. The summed E-state index contributed by atoms with van der Waals surface area (Å²) in [6.07, 6.45) is 6.69. The van der Waals surface area contributed by atoms with Crippen molar-refractivity contribution >= 4 is 11.4 Å². The highest BCUT2D eigenvalue weighted by Gasteiger charge is 2.24. The quantitative estimate of drug-likeness (QED) is 0.610. The van der Waals surface area contributed by atoms with Crippen LogP contribution in [-0.4, -0.2) is 8.76 Å². The Morgan fingerprint density at radius 2 is 2.06 bits per heavy atom. The van der Waals surface area contributed by atoms with Crippen LogP contribution < -0.4 is 0 Å². The van der Waals surface area contributed by atoms with Crippen molar-refractivity contribution in [1.82, 2.24) is 0 Å². The van der Waals surface area contributed by atoms with Crippen LogP contribution in [0.15, 0.2) is 42.5 Å². The normalized spacial score (nSPS) is 23.2. The monoisotopic (exact) mass is 251 g/mol. The van der Waals surface area contributed by atoms with Gasteiger partial charge in [-0.1, -0.05) is 42.5 Å². The smallest absolute Gasteiger partial charge is 0.102 e. The molecule has 92 valence electrons. The van der Waals surface area contributed by atoms with E-state index < -0.39 is 11.4 Å². The van der Waals surface area contributed by atoms with E-state index in [1.165, 1.54) is 0 Å². The van der Waals surface area contributed by atoms with Crippen LogP contribution >= 0.6 is 0 Å². The molecule has 3 unspecified atom stereocenters. The third-order valence-electron chi connectivity index (χ3n) is 3.05. The molecule has 0 fully saturated rings. The maximum absolute atomic E-state index is 10.8. The minimum Gasteiger partial charge on any atom is -0.750 e. The first-order valence-electron chi connectivity index (χ1n) is 5.73. The lowest BCUT2D eigenvalue weighted by Gasteiger charge is -2.28. The summed E-state index contributed by atoms with van der Waals surface area (Å²) in [7, 11) is 0. The summed E-state index contributed by atoms with van der Waals surface area (Å²) in [5.74, 6) is 0.236. The fourth-order valence-electron chi connectivity index (χ4n) is 2.23. The van der Waals surface area contributed by atoms with E-state index in [2.05, 4.69) is 12.2 Å². The molecule has 1 aliphatic carbocycles. The van der Waals surface area contributed by atoms with Gasteiger partial charge in [-0.15, -0.1) is 0 Å². The Hall–Kier alpha value is -0.970. The van der Waals surface area contributed by atoms with Gasteiger partial charge in [-0.05, 0) is 30.7 Å². The first kappa shape index (κ1) is 12.5. The van der Waals surface area contributed by atoms with Crippen LogP contribution in [0.5, 0.6) is 0 Å². The van der Waals surface area contributed by atoms with Crippen LogP contribution in [0.25, 0.3) is 0 Å². The van der Waals surface area contributed by atoms with Gasteiger partial charge in [0.05, 0.1) is 11.4 Å². The SMILES string of the molecule is O=S([O-])OC(c1ccccc1)C1CC=CCC1. The van der Waals surface area contributed by atoms with Crippen LogP contribution in [-0.2, 0) is 15.5 Å². The standard InChI is InChI=1S/C13H16O3S/c14-17(15)16-13(11-7-3-1-4-8-11)12-9-5-2-6-10-12/h1-5,7-8,12-13H,6,9-10H2,(H,14,15)/p-1. The highest BCUT2D eigenvalue weighted by Crippen LogP contribution is 2.34. The van der Waals surface area contributed by atoms with Crippen molar-refractivity contribution in [3.05, 3.63) is 48.0 Å². The molecule has 3 atom stereocenters. The van der Waals surface area contributed by atoms with E-state index in [-0.39, 0.29) is 12.0 Å². The van der Waals surface area contributed by atoms with Gasteiger partial charge >= 0.3 is 0 Å². The molecule has 0 aromatic heterocycles. The van der Waals surface area contributed by atoms with E-state index in [1.54, 1.807) is 0 Å². The van der Waals surface area contributed by atoms with Gasteiger partial charge in [-0.2, -0.15) is 0 Å². The zero-order valence-corrected chi connectivity index (χ0v) is 10.3. The van der Waals surface area contributed by atoms with E-state index in [4.69, 9.17) is 4.18 Å². The molecule has 0 saturated carbocycles. The molecule has 0 N–H and O–H groups in total. The van der Waals surface area contributed by atoms with Gasteiger partial charge in [0.15, 0.2) is 0 Å². The van der Waals surface area contributed by atoms with Crippen LogP contribution in [0.2, 0.25) is 0 Å². The van der Waals surface area contributed by atoms with Gasteiger partial charge in [0.1, 0.15) is 6.10 Å². The molecule has 1 aliphatic rings. The molecule has 0 spiro atoms. The molecule has 1 aromatic carbocycles. The summed E-state index contributed by atoms with van der Waals surface area (Å²) >= 11 is -2.47. The molecule has 4 heteroatoms. The average Bonchev–Trinajstić information content (AvgIpc) is 2.38. The van der Waals surface area contributed by atoms with Gasteiger partial charge in [-0.3, -0.25) is 4.18 Å². The number of benzene rings is 1. The highest BCUT2D eigenvalue weighted by atomic mass is 32.2. The lowest BCUT2D eigenvalue weighted by atomic mass is 9.86. The predicted molar refractivity (Wildman–Crippen MR) is 65.7 cm³/mol. The van der Waals surface area contributed by atoms with Crippen molar-refractivity contribution in [1.29, 1.82) is 0 Å². The fourth-order valence-corrected chi connectivity index (χ4v) is 2.66. The molecule has 0 amide bonds. The second-order valence-corrected chi connectivity index (χ2v) is 4.78. The van der Waals surface area contributed by atoms with E-state index in [1.807, 2.05) is 30.3 Å². The summed E-state index contributed by atoms with van der Waals surface area (Å²) in [5.41, 5.74) is 0.928. The Morgan fingerprint density at radius 1 is 1.29 bits per heavy atom. The maximum Gasteiger partial charge on any atom is 0.102 e. The molecular formula is C13H15O3S-. The van der Waals surface area contributed by atoms with Crippen molar-refractivity contribution in [3.8, 4) is 0 Å². The van der Waals surface area contributed by atoms with Gasteiger partial charge in [0.25, 0.3) is 0 Å². The first-order chi connectivity index (χ1) is 8.27. The summed E-state index contributed by atoms with van der Waals surface area (Å²) in [6, 6.07) is 9.54. The molecule has 0 saturated heterocycles. The van der Waals surface area contributed by atoms with Crippen LogP contribution in [0, 0.1) is 5.92 Å². The summed E-state index contributed by atoms with van der Waals surface area (Å²) in [5, 5.41) is 0. The summed E-state index contributed by atoms with van der Waals surface area (Å²) < 4.78 is 26.6. The third kappa shape index (κ3) is 3.49. The number of hydrogen-bond acceptors (Lipinski definition) is 3. The van der Waals surface area contributed by atoms with Crippen LogP contribution in [0.3, 0.4) is 0 Å².